The third-order valence-electron chi connectivity index (χ3n) is 7.49. The van der Waals surface area contributed by atoms with Crippen LogP contribution < -0.4 is 0 Å². The van der Waals surface area contributed by atoms with Crippen LogP contribution in [0.4, 0.5) is 0 Å². The third-order valence-corrected chi connectivity index (χ3v) is 8.84. The minimum Gasteiger partial charge on any atom is -0.512 e. The van der Waals surface area contributed by atoms with Crippen molar-refractivity contribution in [3.63, 3.8) is 0 Å². The average Bonchev–Trinajstić information content (AvgIpc) is 3.38. The molecule has 0 radical (unpaired) electrons. The predicted octanol–water partition coefficient (Wildman–Crippen LogP) is 8.61. The van der Waals surface area contributed by atoms with Gasteiger partial charge in [-0.05, 0) is 75.5 Å². The number of aliphatic hydroxyl groups is 1. The second-order valence-electron chi connectivity index (χ2n) is 10.9. The second-order valence-corrected chi connectivity index (χ2v) is 12.2. The zero-order valence-corrected chi connectivity index (χ0v) is 24.8. The highest BCUT2D eigenvalue weighted by Crippen LogP contribution is 2.44. The first-order chi connectivity index (χ1) is 17.8. The Labute approximate surface area is 227 Å². The highest BCUT2D eigenvalue weighted by molar-refractivity contribution is 7.59. The summed E-state index contributed by atoms with van der Waals surface area (Å²) < 4.78 is 0. The van der Waals surface area contributed by atoms with Gasteiger partial charge in [0.25, 0.3) is 0 Å². The molecule has 202 valence electrons. The summed E-state index contributed by atoms with van der Waals surface area (Å²) in [6.45, 7) is 19.6. The number of benzene rings is 2. The van der Waals surface area contributed by atoms with E-state index in [9.17, 15) is 5.11 Å². The quantitative estimate of drug-likeness (QED) is 0.265. The molecule has 0 aliphatic carbocycles. The van der Waals surface area contributed by atoms with Crippen LogP contribution in [0.1, 0.15) is 94.5 Å². The lowest BCUT2D eigenvalue weighted by Gasteiger charge is -2.38. The van der Waals surface area contributed by atoms with Crippen molar-refractivity contribution in [1.29, 1.82) is 0 Å². The molecule has 5 heteroatoms. The van der Waals surface area contributed by atoms with Crippen molar-refractivity contribution in [2.45, 2.75) is 86.0 Å². The van der Waals surface area contributed by atoms with Gasteiger partial charge in [0, 0.05) is 17.5 Å². The zero-order chi connectivity index (χ0) is 27.0. The molecule has 0 saturated carbocycles. The van der Waals surface area contributed by atoms with Gasteiger partial charge in [-0.2, -0.15) is 0 Å². The standard InChI is InChI=1S/C30H41N2O2P.C2H6/c1-6-7-25-19-27(13-12-26(25)18-21(2)3)29-34-31-28(35-29)24-10-8-23(9-11-24)20-32-16-14-30(5,15-17-32)22(4)33;1-2/h8-13,19,21,29,33,35H,4,6-7,14-18,20H2,1-3,5H3;1-2H3. The van der Waals surface area contributed by atoms with Crippen molar-refractivity contribution < 1.29 is 9.94 Å². The van der Waals surface area contributed by atoms with Crippen LogP contribution in [-0.2, 0) is 24.2 Å². The Kier molecular flexibility index (Phi) is 10.8. The number of likely N-dealkylation sites (tertiary alicyclic amines) is 1. The molecule has 2 aliphatic heterocycles. The minimum atomic E-state index is -0.134. The molecular weight excluding hydrogens is 475 g/mol. The number of allylic oxidation sites excluding steroid dienone is 1. The van der Waals surface area contributed by atoms with E-state index in [2.05, 4.69) is 86.8 Å². The molecule has 0 aromatic heterocycles. The number of aliphatic hydroxyl groups excluding tert-OH is 1. The van der Waals surface area contributed by atoms with Crippen LogP contribution in [0.2, 0.25) is 0 Å². The summed E-state index contributed by atoms with van der Waals surface area (Å²) >= 11 is 0. The van der Waals surface area contributed by atoms with E-state index in [4.69, 9.17) is 4.84 Å². The van der Waals surface area contributed by atoms with Crippen LogP contribution in [0.5, 0.6) is 0 Å². The van der Waals surface area contributed by atoms with Crippen molar-refractivity contribution in [3.8, 4) is 0 Å². The van der Waals surface area contributed by atoms with Gasteiger partial charge in [-0.3, -0.25) is 4.90 Å². The fourth-order valence-electron chi connectivity index (χ4n) is 5.03. The van der Waals surface area contributed by atoms with Gasteiger partial charge in [0.1, 0.15) is 5.45 Å². The highest BCUT2D eigenvalue weighted by atomic mass is 31.1. The molecular formula is C32H47N2O2P. The number of hydrogen-bond acceptors (Lipinski definition) is 4. The Balaban J connectivity index is 0.00000186. The number of piperidine rings is 1. The molecule has 0 bridgehead atoms. The summed E-state index contributed by atoms with van der Waals surface area (Å²) in [5.74, 6) is 1.01. The van der Waals surface area contributed by atoms with Gasteiger partial charge in [0.05, 0.1) is 5.76 Å². The Hall–Kier alpha value is -2.16. The molecule has 4 nitrogen and oxygen atoms in total. The monoisotopic (exact) mass is 522 g/mol. The molecule has 2 aromatic rings. The molecule has 2 aromatic carbocycles. The maximum absolute atomic E-state index is 9.89. The van der Waals surface area contributed by atoms with Gasteiger partial charge in [0.15, 0.2) is 5.85 Å². The Morgan fingerprint density at radius 2 is 1.81 bits per heavy atom. The van der Waals surface area contributed by atoms with Crippen molar-refractivity contribution in [3.05, 3.63) is 82.6 Å². The lowest BCUT2D eigenvalue weighted by molar-refractivity contribution is 0.103. The van der Waals surface area contributed by atoms with Gasteiger partial charge >= 0.3 is 0 Å². The van der Waals surface area contributed by atoms with E-state index >= 15 is 0 Å². The summed E-state index contributed by atoms with van der Waals surface area (Å²) in [6.07, 6.45) is 5.31. The molecule has 2 unspecified atom stereocenters. The molecule has 2 heterocycles. The maximum atomic E-state index is 9.89. The minimum absolute atomic E-state index is 0.0253. The summed E-state index contributed by atoms with van der Waals surface area (Å²) in [7, 11) is 0.515. The van der Waals surface area contributed by atoms with Crippen LogP contribution >= 0.6 is 8.58 Å². The van der Waals surface area contributed by atoms with E-state index in [1.54, 1.807) is 0 Å². The molecule has 2 aliphatic rings. The largest absolute Gasteiger partial charge is 0.512 e. The number of aryl methyl sites for hydroxylation is 1. The second kappa shape index (κ2) is 13.6. The Morgan fingerprint density at radius 3 is 2.41 bits per heavy atom. The molecule has 1 saturated heterocycles. The fraction of sp³-hybridized carbons (Fsp3) is 0.531. The van der Waals surface area contributed by atoms with Crippen LogP contribution in [-0.4, -0.2) is 28.5 Å². The first-order valence-corrected chi connectivity index (χ1v) is 15.2. The van der Waals surface area contributed by atoms with Crippen molar-refractivity contribution in [2.24, 2.45) is 16.5 Å². The fourth-order valence-corrected chi connectivity index (χ4v) is 6.17. The number of nitrogens with zero attached hydrogens (tertiary/aromatic N) is 2. The Bertz CT molecular complexity index is 1050. The molecule has 2 atom stereocenters. The van der Waals surface area contributed by atoms with Gasteiger partial charge in [-0.25, -0.2) is 0 Å². The van der Waals surface area contributed by atoms with E-state index in [1.807, 2.05) is 13.8 Å². The summed E-state index contributed by atoms with van der Waals surface area (Å²) in [4.78, 5) is 8.38. The highest BCUT2D eigenvalue weighted by Gasteiger charge is 2.32. The lowest BCUT2D eigenvalue weighted by atomic mass is 9.79. The van der Waals surface area contributed by atoms with E-state index in [0.29, 0.717) is 20.3 Å². The van der Waals surface area contributed by atoms with Gasteiger partial charge in [0.2, 0.25) is 0 Å². The van der Waals surface area contributed by atoms with Crippen LogP contribution in [0.3, 0.4) is 0 Å². The topological polar surface area (TPSA) is 45.1 Å². The van der Waals surface area contributed by atoms with Gasteiger partial charge < -0.3 is 9.94 Å². The Morgan fingerprint density at radius 1 is 1.14 bits per heavy atom. The van der Waals surface area contributed by atoms with Crippen LogP contribution in [0.15, 0.2) is 60.0 Å². The summed E-state index contributed by atoms with van der Waals surface area (Å²) in [5, 5.41) is 14.4. The van der Waals surface area contributed by atoms with Crippen molar-refractivity contribution in [2.75, 3.05) is 13.1 Å². The average molecular weight is 523 g/mol. The van der Waals surface area contributed by atoms with E-state index < -0.39 is 0 Å². The first-order valence-electron chi connectivity index (χ1n) is 14.1. The van der Waals surface area contributed by atoms with Crippen LogP contribution in [0.25, 0.3) is 0 Å². The third kappa shape index (κ3) is 7.68. The van der Waals surface area contributed by atoms with E-state index in [1.165, 1.54) is 22.3 Å². The molecule has 0 amide bonds. The van der Waals surface area contributed by atoms with Gasteiger partial charge in [-0.1, -0.05) is 102 Å². The molecule has 1 fully saturated rings. The molecule has 4 rings (SSSR count). The summed E-state index contributed by atoms with van der Waals surface area (Å²) in [5.41, 5.74) is 7.57. The normalized spacial score (nSPS) is 19.8. The number of oxime groups is 1. The molecule has 37 heavy (non-hydrogen) atoms. The van der Waals surface area contributed by atoms with E-state index in [-0.39, 0.29) is 11.3 Å². The summed E-state index contributed by atoms with van der Waals surface area (Å²) in [6, 6.07) is 15.7. The predicted molar refractivity (Wildman–Crippen MR) is 160 cm³/mol. The number of hydrogen-bond donors (Lipinski definition) is 1. The first kappa shape index (κ1) is 29.4. The van der Waals surface area contributed by atoms with Crippen molar-refractivity contribution >= 4 is 14.0 Å². The lowest BCUT2D eigenvalue weighted by Crippen LogP contribution is -2.39. The maximum Gasteiger partial charge on any atom is 0.173 e. The zero-order valence-electron chi connectivity index (χ0n) is 23.8. The van der Waals surface area contributed by atoms with Gasteiger partial charge in [-0.15, -0.1) is 0 Å². The number of rotatable bonds is 9. The van der Waals surface area contributed by atoms with E-state index in [0.717, 1.165) is 62.8 Å². The molecule has 0 spiro atoms. The van der Waals surface area contributed by atoms with Crippen LogP contribution in [0, 0.1) is 11.3 Å². The molecule has 1 N–H and O–H groups in total. The smallest absolute Gasteiger partial charge is 0.173 e. The van der Waals surface area contributed by atoms with Crippen molar-refractivity contribution in [1.82, 2.24) is 4.90 Å². The SMILES string of the molecule is C=C(O)C1(C)CCN(Cc2ccc(C3=NOC(c4ccc(CC(C)C)c(CCC)c4)P3)cc2)CC1.CC.